The van der Waals surface area contributed by atoms with E-state index in [9.17, 15) is 0 Å². The van der Waals surface area contributed by atoms with E-state index in [0.29, 0.717) is 6.61 Å². The van der Waals surface area contributed by atoms with Crippen LogP contribution in [0.4, 0.5) is 0 Å². The lowest BCUT2D eigenvalue weighted by Crippen LogP contribution is -1.98. The van der Waals surface area contributed by atoms with Crippen LogP contribution in [0.15, 0.2) is 36.4 Å². The fourth-order valence-electron chi connectivity index (χ4n) is 0.818. The normalized spacial score (nSPS) is 9.69. The molecule has 0 saturated carbocycles. The van der Waals surface area contributed by atoms with Crippen LogP contribution < -0.4 is 4.74 Å². The first-order valence-electron chi connectivity index (χ1n) is 4.27. The molecule has 0 radical (unpaired) electrons. The Hall–Kier alpha value is -0.950. The van der Waals surface area contributed by atoms with Crippen LogP contribution in [0.1, 0.15) is 13.3 Å². The van der Waals surface area contributed by atoms with Crippen molar-refractivity contribution < 1.29 is 4.74 Å². The zero-order valence-corrected chi connectivity index (χ0v) is 8.47. The standard InChI is InChI=1S/C11H13ClO/c1-3-9(2)8-13-11-6-4-10(12)5-7-11/h4-7H,2-3,8H2,1H3. The van der Waals surface area contributed by atoms with Crippen LogP contribution in [0.3, 0.4) is 0 Å². The van der Waals surface area contributed by atoms with Gasteiger partial charge in [0.25, 0.3) is 0 Å². The highest BCUT2D eigenvalue weighted by Crippen LogP contribution is 2.16. The van der Waals surface area contributed by atoms with Gasteiger partial charge in [-0.2, -0.15) is 0 Å². The second-order valence-corrected chi connectivity index (χ2v) is 3.28. The van der Waals surface area contributed by atoms with Gasteiger partial charge in [-0.25, -0.2) is 0 Å². The summed E-state index contributed by atoms with van der Waals surface area (Å²) in [7, 11) is 0. The Labute approximate surface area is 84.0 Å². The van der Waals surface area contributed by atoms with Crippen LogP contribution in [0.5, 0.6) is 5.75 Å². The predicted octanol–water partition coefficient (Wildman–Crippen LogP) is 3.69. The highest BCUT2D eigenvalue weighted by molar-refractivity contribution is 6.30. The maximum atomic E-state index is 5.73. The van der Waals surface area contributed by atoms with Gasteiger partial charge >= 0.3 is 0 Å². The molecule has 0 aromatic heterocycles. The van der Waals surface area contributed by atoms with E-state index in [2.05, 4.69) is 13.5 Å². The summed E-state index contributed by atoms with van der Waals surface area (Å²) in [5, 5.41) is 0.724. The van der Waals surface area contributed by atoms with Crippen molar-refractivity contribution in [2.75, 3.05) is 6.61 Å². The molecule has 0 N–H and O–H groups in total. The second-order valence-electron chi connectivity index (χ2n) is 2.85. The zero-order chi connectivity index (χ0) is 9.68. The molecule has 1 aromatic rings. The molecule has 0 heterocycles. The van der Waals surface area contributed by atoms with Crippen LogP contribution >= 0.6 is 11.6 Å². The summed E-state index contributed by atoms with van der Waals surface area (Å²) in [5.74, 6) is 0.832. The summed E-state index contributed by atoms with van der Waals surface area (Å²) in [6.07, 6.45) is 0.952. The number of rotatable bonds is 4. The lowest BCUT2D eigenvalue weighted by Gasteiger charge is -2.06. The lowest BCUT2D eigenvalue weighted by molar-refractivity contribution is 0.349. The molecule has 1 rings (SSSR count). The number of hydrogen-bond donors (Lipinski definition) is 0. The molecular weight excluding hydrogens is 184 g/mol. The average Bonchev–Trinajstić information content (AvgIpc) is 2.16. The van der Waals surface area contributed by atoms with Crippen molar-refractivity contribution in [2.45, 2.75) is 13.3 Å². The summed E-state index contributed by atoms with van der Waals surface area (Å²) in [6, 6.07) is 7.33. The molecule has 0 aliphatic heterocycles. The largest absolute Gasteiger partial charge is 0.489 e. The summed E-state index contributed by atoms with van der Waals surface area (Å²) < 4.78 is 5.46. The van der Waals surface area contributed by atoms with Crippen LogP contribution in [-0.4, -0.2) is 6.61 Å². The third-order valence-electron chi connectivity index (χ3n) is 1.76. The number of hydrogen-bond acceptors (Lipinski definition) is 1. The van der Waals surface area contributed by atoms with Gasteiger partial charge in [0.15, 0.2) is 0 Å². The van der Waals surface area contributed by atoms with E-state index < -0.39 is 0 Å². The minimum Gasteiger partial charge on any atom is -0.489 e. The van der Waals surface area contributed by atoms with Gasteiger partial charge in [0.05, 0.1) is 0 Å². The Morgan fingerprint density at radius 1 is 1.38 bits per heavy atom. The maximum Gasteiger partial charge on any atom is 0.119 e. The highest BCUT2D eigenvalue weighted by atomic mass is 35.5. The summed E-state index contributed by atoms with van der Waals surface area (Å²) in [4.78, 5) is 0. The van der Waals surface area contributed by atoms with Crippen LogP contribution in [-0.2, 0) is 0 Å². The zero-order valence-electron chi connectivity index (χ0n) is 7.72. The lowest BCUT2D eigenvalue weighted by atomic mass is 10.2. The van der Waals surface area contributed by atoms with E-state index in [1.54, 1.807) is 0 Å². The molecule has 13 heavy (non-hydrogen) atoms. The molecule has 0 fully saturated rings. The smallest absolute Gasteiger partial charge is 0.119 e. The van der Waals surface area contributed by atoms with Gasteiger partial charge < -0.3 is 4.74 Å². The Balaban J connectivity index is 2.46. The molecular formula is C11H13ClO. The minimum absolute atomic E-state index is 0.581. The first-order chi connectivity index (χ1) is 6.22. The third-order valence-corrected chi connectivity index (χ3v) is 2.01. The van der Waals surface area contributed by atoms with Crippen molar-refractivity contribution in [2.24, 2.45) is 0 Å². The van der Waals surface area contributed by atoms with Crippen molar-refractivity contribution in [3.8, 4) is 5.75 Å². The molecule has 0 aliphatic carbocycles. The topological polar surface area (TPSA) is 9.23 Å². The van der Waals surface area contributed by atoms with Gasteiger partial charge in [-0.3, -0.25) is 0 Å². The summed E-state index contributed by atoms with van der Waals surface area (Å²) in [6.45, 7) is 6.50. The van der Waals surface area contributed by atoms with Crippen molar-refractivity contribution in [3.05, 3.63) is 41.4 Å². The van der Waals surface area contributed by atoms with Crippen LogP contribution in [0.2, 0.25) is 5.02 Å². The van der Waals surface area contributed by atoms with Gasteiger partial charge in [0, 0.05) is 5.02 Å². The quantitative estimate of drug-likeness (QED) is 0.668. The number of halogens is 1. The molecule has 0 amide bonds. The van der Waals surface area contributed by atoms with Crippen LogP contribution in [0, 0.1) is 0 Å². The fourth-order valence-corrected chi connectivity index (χ4v) is 0.944. The van der Waals surface area contributed by atoms with Crippen molar-refractivity contribution in [1.82, 2.24) is 0 Å². The first-order valence-corrected chi connectivity index (χ1v) is 4.65. The molecule has 2 heteroatoms. The van der Waals surface area contributed by atoms with Crippen molar-refractivity contribution >= 4 is 11.6 Å². The SMILES string of the molecule is C=C(CC)COc1ccc(Cl)cc1. The van der Waals surface area contributed by atoms with Crippen LogP contribution in [0.25, 0.3) is 0 Å². The predicted molar refractivity (Wildman–Crippen MR) is 56.4 cm³/mol. The number of ether oxygens (including phenoxy) is 1. The van der Waals surface area contributed by atoms with E-state index in [-0.39, 0.29) is 0 Å². The Morgan fingerprint density at radius 2 is 2.00 bits per heavy atom. The number of benzene rings is 1. The fraction of sp³-hybridized carbons (Fsp3) is 0.273. The first kappa shape index (κ1) is 10.1. The molecule has 0 spiro atoms. The monoisotopic (exact) mass is 196 g/mol. The van der Waals surface area contributed by atoms with Gasteiger partial charge in [-0.15, -0.1) is 0 Å². The molecule has 1 nitrogen and oxygen atoms in total. The minimum atomic E-state index is 0.581. The van der Waals surface area contributed by atoms with E-state index in [1.807, 2.05) is 24.3 Å². The van der Waals surface area contributed by atoms with E-state index in [4.69, 9.17) is 16.3 Å². The van der Waals surface area contributed by atoms with E-state index in [0.717, 1.165) is 22.8 Å². The Morgan fingerprint density at radius 3 is 2.54 bits per heavy atom. The molecule has 0 atom stereocenters. The maximum absolute atomic E-state index is 5.73. The van der Waals surface area contributed by atoms with Gasteiger partial charge in [-0.05, 0) is 36.3 Å². The molecule has 0 saturated heterocycles. The van der Waals surface area contributed by atoms with Gasteiger partial charge in [0.2, 0.25) is 0 Å². The molecule has 0 aliphatic rings. The Bertz CT molecular complexity index is 277. The van der Waals surface area contributed by atoms with Gasteiger partial charge in [0.1, 0.15) is 12.4 Å². The Kier molecular flexibility index (Phi) is 3.84. The third kappa shape index (κ3) is 3.51. The van der Waals surface area contributed by atoms with E-state index in [1.165, 1.54) is 0 Å². The molecule has 1 aromatic carbocycles. The van der Waals surface area contributed by atoms with E-state index >= 15 is 0 Å². The second kappa shape index (κ2) is 4.93. The summed E-state index contributed by atoms with van der Waals surface area (Å²) >= 11 is 5.73. The van der Waals surface area contributed by atoms with Crippen molar-refractivity contribution in [1.29, 1.82) is 0 Å². The molecule has 0 bridgehead atoms. The highest BCUT2D eigenvalue weighted by Gasteiger charge is 1.94. The van der Waals surface area contributed by atoms with Gasteiger partial charge in [-0.1, -0.05) is 25.1 Å². The molecule has 0 unspecified atom stereocenters. The summed E-state index contributed by atoms with van der Waals surface area (Å²) in [5.41, 5.74) is 1.09. The average molecular weight is 197 g/mol. The van der Waals surface area contributed by atoms with Crippen molar-refractivity contribution in [3.63, 3.8) is 0 Å². The molecule has 70 valence electrons.